The van der Waals surface area contributed by atoms with E-state index in [-0.39, 0.29) is 11.6 Å². The first-order chi connectivity index (χ1) is 8.36. The van der Waals surface area contributed by atoms with Gasteiger partial charge in [0.15, 0.2) is 0 Å². The van der Waals surface area contributed by atoms with Crippen LogP contribution in [-0.4, -0.2) is 9.78 Å². The summed E-state index contributed by atoms with van der Waals surface area (Å²) in [5.74, 6) is 0.319. The quantitative estimate of drug-likeness (QED) is 0.915. The fourth-order valence-electron chi connectivity index (χ4n) is 1.54. The fourth-order valence-corrected chi connectivity index (χ4v) is 1.77. The molecule has 96 valence electrons. The number of benzene rings is 1. The lowest BCUT2D eigenvalue weighted by Crippen LogP contribution is -2.08. The van der Waals surface area contributed by atoms with Gasteiger partial charge in [0, 0.05) is 6.20 Å². The van der Waals surface area contributed by atoms with Gasteiger partial charge in [-0.2, -0.15) is 18.3 Å². The molecule has 7 heteroatoms. The molecule has 0 bridgehead atoms. The van der Waals surface area contributed by atoms with Crippen LogP contribution in [0.5, 0.6) is 0 Å². The highest BCUT2D eigenvalue weighted by atomic mass is 35.5. The summed E-state index contributed by atoms with van der Waals surface area (Å²) in [6.45, 7) is 0.206. The van der Waals surface area contributed by atoms with Gasteiger partial charge in [0.05, 0.1) is 17.1 Å². The van der Waals surface area contributed by atoms with Gasteiger partial charge >= 0.3 is 6.18 Å². The zero-order chi connectivity index (χ0) is 13.3. The van der Waals surface area contributed by atoms with Crippen LogP contribution in [0.3, 0.4) is 0 Å². The van der Waals surface area contributed by atoms with Crippen molar-refractivity contribution >= 4 is 17.4 Å². The average Bonchev–Trinajstić information content (AvgIpc) is 2.65. The first kappa shape index (κ1) is 12.8. The second kappa shape index (κ2) is 4.53. The average molecular weight is 276 g/mol. The number of anilines is 1. The summed E-state index contributed by atoms with van der Waals surface area (Å²) in [6, 6.07) is 5.34. The van der Waals surface area contributed by atoms with Gasteiger partial charge in [0.25, 0.3) is 0 Å². The molecule has 2 aromatic rings. The molecule has 2 N–H and O–H groups in total. The van der Waals surface area contributed by atoms with Crippen molar-refractivity contribution in [3.8, 4) is 0 Å². The van der Waals surface area contributed by atoms with Crippen LogP contribution < -0.4 is 5.73 Å². The third-order valence-corrected chi connectivity index (χ3v) is 2.67. The highest BCUT2D eigenvalue weighted by molar-refractivity contribution is 6.31. The zero-order valence-electron chi connectivity index (χ0n) is 9.08. The SMILES string of the molecule is Nc1ccn(Cc2ccc(Cl)c(C(F)(F)F)c2)n1. The van der Waals surface area contributed by atoms with E-state index in [1.807, 2.05) is 0 Å². The normalized spacial score (nSPS) is 11.8. The number of hydrogen-bond acceptors (Lipinski definition) is 2. The van der Waals surface area contributed by atoms with Crippen molar-refractivity contribution in [2.75, 3.05) is 5.73 Å². The second-order valence-electron chi connectivity index (χ2n) is 3.75. The highest BCUT2D eigenvalue weighted by Crippen LogP contribution is 2.35. The molecule has 3 nitrogen and oxygen atoms in total. The molecule has 1 aromatic heterocycles. The molecule has 0 aliphatic rings. The van der Waals surface area contributed by atoms with E-state index in [0.29, 0.717) is 11.4 Å². The Kier molecular flexibility index (Phi) is 3.21. The van der Waals surface area contributed by atoms with Crippen molar-refractivity contribution in [3.05, 3.63) is 46.6 Å². The monoisotopic (exact) mass is 275 g/mol. The summed E-state index contributed by atoms with van der Waals surface area (Å²) < 4.78 is 39.4. The summed E-state index contributed by atoms with van der Waals surface area (Å²) in [6.07, 6.45) is -2.87. The van der Waals surface area contributed by atoms with Crippen molar-refractivity contribution in [3.63, 3.8) is 0 Å². The highest BCUT2D eigenvalue weighted by Gasteiger charge is 2.33. The lowest BCUT2D eigenvalue weighted by molar-refractivity contribution is -0.137. The van der Waals surface area contributed by atoms with Crippen molar-refractivity contribution in [1.29, 1.82) is 0 Å². The summed E-state index contributed by atoms with van der Waals surface area (Å²) >= 11 is 5.53. The molecule has 0 amide bonds. The molecule has 0 radical (unpaired) electrons. The number of rotatable bonds is 2. The third-order valence-electron chi connectivity index (χ3n) is 2.34. The predicted octanol–water partition coefficient (Wildman–Crippen LogP) is 3.19. The van der Waals surface area contributed by atoms with Crippen LogP contribution in [0.15, 0.2) is 30.5 Å². The van der Waals surface area contributed by atoms with Crippen molar-refractivity contribution < 1.29 is 13.2 Å². The van der Waals surface area contributed by atoms with Gasteiger partial charge in [0.2, 0.25) is 0 Å². The van der Waals surface area contributed by atoms with E-state index in [1.54, 1.807) is 12.3 Å². The topological polar surface area (TPSA) is 43.8 Å². The molecular formula is C11H9ClF3N3. The third kappa shape index (κ3) is 2.76. The molecule has 2 rings (SSSR count). The van der Waals surface area contributed by atoms with Gasteiger partial charge in [-0.15, -0.1) is 0 Å². The number of nitrogens with two attached hydrogens (primary N) is 1. The molecule has 0 spiro atoms. The number of nitrogens with zero attached hydrogens (tertiary/aromatic N) is 2. The van der Waals surface area contributed by atoms with Crippen molar-refractivity contribution in [1.82, 2.24) is 9.78 Å². The number of alkyl halides is 3. The van der Waals surface area contributed by atoms with Crippen LogP contribution in [-0.2, 0) is 12.7 Å². The van der Waals surface area contributed by atoms with E-state index < -0.39 is 11.7 Å². The van der Waals surface area contributed by atoms with E-state index in [2.05, 4.69) is 5.10 Å². The molecule has 18 heavy (non-hydrogen) atoms. The van der Waals surface area contributed by atoms with E-state index in [0.717, 1.165) is 6.07 Å². The molecular weight excluding hydrogens is 267 g/mol. The van der Waals surface area contributed by atoms with Crippen LogP contribution in [0.2, 0.25) is 5.02 Å². The maximum atomic E-state index is 12.6. The summed E-state index contributed by atoms with van der Waals surface area (Å²) in [7, 11) is 0. The van der Waals surface area contributed by atoms with Gasteiger partial charge in [0.1, 0.15) is 5.82 Å². The van der Waals surface area contributed by atoms with E-state index >= 15 is 0 Å². The molecule has 1 heterocycles. The van der Waals surface area contributed by atoms with Gasteiger partial charge in [-0.3, -0.25) is 4.68 Å². The van der Waals surface area contributed by atoms with Crippen LogP contribution in [0.1, 0.15) is 11.1 Å². The number of nitrogen functional groups attached to an aromatic ring is 1. The van der Waals surface area contributed by atoms with Crippen molar-refractivity contribution in [2.24, 2.45) is 0 Å². The maximum absolute atomic E-state index is 12.6. The number of aromatic nitrogens is 2. The second-order valence-corrected chi connectivity index (χ2v) is 4.16. The van der Waals surface area contributed by atoms with Gasteiger partial charge in [-0.05, 0) is 23.8 Å². The Morgan fingerprint density at radius 2 is 2.00 bits per heavy atom. The molecule has 0 fully saturated rings. The predicted molar refractivity (Wildman–Crippen MR) is 62.2 cm³/mol. The summed E-state index contributed by atoms with van der Waals surface area (Å²) in [5.41, 5.74) is 5.03. The molecule has 1 aromatic carbocycles. The Bertz CT molecular complexity index is 563. The van der Waals surface area contributed by atoms with E-state index in [4.69, 9.17) is 17.3 Å². The number of hydrogen-bond donors (Lipinski definition) is 1. The fraction of sp³-hybridized carbons (Fsp3) is 0.182. The smallest absolute Gasteiger partial charge is 0.382 e. The summed E-state index contributed by atoms with van der Waals surface area (Å²) in [4.78, 5) is 0. The molecule has 0 atom stereocenters. The minimum Gasteiger partial charge on any atom is -0.382 e. The molecule has 0 saturated carbocycles. The van der Waals surface area contributed by atoms with Crippen LogP contribution in [0, 0.1) is 0 Å². The Labute approximate surface area is 106 Å². The first-order valence-corrected chi connectivity index (χ1v) is 5.38. The van der Waals surface area contributed by atoms with Gasteiger partial charge in [-0.1, -0.05) is 17.7 Å². The molecule has 0 unspecified atom stereocenters. The maximum Gasteiger partial charge on any atom is 0.417 e. The lowest BCUT2D eigenvalue weighted by Gasteiger charge is -2.11. The largest absolute Gasteiger partial charge is 0.417 e. The van der Waals surface area contributed by atoms with Gasteiger partial charge in [-0.25, -0.2) is 0 Å². The Balaban J connectivity index is 2.30. The molecule has 0 saturated heterocycles. The molecule has 0 aliphatic heterocycles. The van der Waals surface area contributed by atoms with Crippen molar-refractivity contribution in [2.45, 2.75) is 12.7 Å². The zero-order valence-corrected chi connectivity index (χ0v) is 9.83. The summed E-state index contributed by atoms with van der Waals surface area (Å²) in [5, 5.41) is 3.59. The standard InChI is InChI=1S/C11H9ClF3N3/c12-9-2-1-7(5-8(9)11(13,14)15)6-18-4-3-10(16)17-18/h1-5H,6H2,(H2,16,17). The van der Waals surface area contributed by atoms with Crippen LogP contribution in [0.25, 0.3) is 0 Å². The Hall–Kier alpha value is -1.69. The van der Waals surface area contributed by atoms with E-state index in [1.165, 1.54) is 16.8 Å². The minimum atomic E-state index is -4.46. The van der Waals surface area contributed by atoms with Crippen LogP contribution >= 0.6 is 11.6 Å². The lowest BCUT2D eigenvalue weighted by atomic mass is 10.1. The molecule has 0 aliphatic carbocycles. The number of halogens is 4. The Morgan fingerprint density at radius 1 is 1.28 bits per heavy atom. The van der Waals surface area contributed by atoms with E-state index in [9.17, 15) is 13.2 Å². The van der Waals surface area contributed by atoms with Crippen LogP contribution in [0.4, 0.5) is 19.0 Å². The minimum absolute atomic E-state index is 0.206. The Morgan fingerprint density at radius 3 is 2.56 bits per heavy atom. The van der Waals surface area contributed by atoms with Gasteiger partial charge < -0.3 is 5.73 Å². The first-order valence-electron chi connectivity index (χ1n) is 5.01.